The summed E-state index contributed by atoms with van der Waals surface area (Å²) in [5.41, 5.74) is 1.17. The summed E-state index contributed by atoms with van der Waals surface area (Å²) < 4.78 is 13.8. The van der Waals surface area contributed by atoms with Gasteiger partial charge in [-0.15, -0.1) is 0 Å². The summed E-state index contributed by atoms with van der Waals surface area (Å²) >= 11 is 0. The van der Waals surface area contributed by atoms with Crippen LogP contribution in [0.25, 0.3) is 0 Å². The predicted octanol–water partition coefficient (Wildman–Crippen LogP) is 4.64. The van der Waals surface area contributed by atoms with E-state index in [-0.39, 0.29) is 5.60 Å². The lowest BCUT2D eigenvalue weighted by Crippen LogP contribution is -2.80. The summed E-state index contributed by atoms with van der Waals surface area (Å²) in [5.74, 6) is 12.2. The van der Waals surface area contributed by atoms with Gasteiger partial charge >= 0.3 is 0 Å². The Morgan fingerprint density at radius 3 is 2.45 bits per heavy atom. The topological polar surface area (TPSA) is 18.5 Å². The molecule has 0 bridgehead atoms. The maximum Gasteiger partial charge on any atom is 0.119 e. The molecule has 0 radical (unpaired) electrons. The Morgan fingerprint density at radius 2 is 1.62 bits per heavy atom. The van der Waals surface area contributed by atoms with Gasteiger partial charge in [0.05, 0.1) is 18.8 Å². The van der Waals surface area contributed by atoms with Crippen LogP contribution in [-0.4, -0.2) is 18.8 Å². The summed E-state index contributed by atoms with van der Waals surface area (Å²) in [5, 5.41) is 0. The summed E-state index contributed by atoms with van der Waals surface area (Å²) in [6.45, 7) is 2.09. The van der Waals surface area contributed by atoms with Crippen molar-refractivity contribution in [2.45, 2.75) is 37.7 Å². The van der Waals surface area contributed by atoms with Gasteiger partial charge in [-0.1, -0.05) is 24.6 Å². The Kier molecular flexibility index (Phi) is 2.08. The Labute approximate surface area is 172 Å². The molecule has 150 valence electrons. The third-order valence-corrected chi connectivity index (χ3v) is 13.3. The first-order chi connectivity index (χ1) is 14.4. The number of hydrogen-bond donors (Lipinski definition) is 0. The molecule has 8 aliphatic rings. The van der Waals surface area contributed by atoms with Crippen LogP contribution in [0.2, 0.25) is 0 Å². The van der Waals surface area contributed by atoms with Crippen LogP contribution in [0.5, 0.6) is 5.75 Å². The summed E-state index contributed by atoms with van der Waals surface area (Å²) in [4.78, 5) is 0. The second-order valence-electron chi connectivity index (χ2n) is 12.6. The molecule has 14 atom stereocenters. The SMILES string of the molecule is c1ccc(OC[C@@]23[C@@H]4[C@H]5[C@H]6[C@@H]([C@H]7CCC[C@H]7[C@H]62)[C@@]26CO[C@]23[C@H]2CC[C@@H]([C@@H]42)[C@H]56)cc1. The molecule has 7 saturated carbocycles. The molecule has 2 heteroatoms. The van der Waals surface area contributed by atoms with Crippen molar-refractivity contribution >= 4 is 0 Å². The van der Waals surface area contributed by atoms with Gasteiger partial charge in [0.1, 0.15) is 5.75 Å². The van der Waals surface area contributed by atoms with Crippen LogP contribution in [0.3, 0.4) is 0 Å². The summed E-state index contributed by atoms with van der Waals surface area (Å²) in [6, 6.07) is 10.7. The van der Waals surface area contributed by atoms with E-state index in [1.165, 1.54) is 25.7 Å². The molecule has 1 aromatic carbocycles. The van der Waals surface area contributed by atoms with Gasteiger partial charge in [-0.3, -0.25) is 0 Å². The van der Waals surface area contributed by atoms with Crippen molar-refractivity contribution in [1.29, 1.82) is 0 Å². The smallest absolute Gasteiger partial charge is 0.119 e. The Morgan fingerprint density at radius 1 is 0.828 bits per heavy atom. The first-order valence-electron chi connectivity index (χ1n) is 12.7. The predicted molar refractivity (Wildman–Crippen MR) is 107 cm³/mol. The van der Waals surface area contributed by atoms with Crippen LogP contribution in [0.15, 0.2) is 30.3 Å². The van der Waals surface area contributed by atoms with E-state index in [4.69, 9.17) is 9.47 Å². The molecule has 0 aromatic heterocycles. The molecular formula is C27H30O2. The molecule has 0 N–H and O–H groups in total. The zero-order valence-corrected chi connectivity index (χ0v) is 17.0. The highest BCUT2D eigenvalue weighted by Crippen LogP contribution is 3.01. The Bertz CT molecular complexity index is 974. The average molecular weight is 387 g/mol. The van der Waals surface area contributed by atoms with Crippen LogP contribution >= 0.6 is 0 Å². The van der Waals surface area contributed by atoms with Gasteiger partial charge in [-0.25, -0.2) is 0 Å². The zero-order valence-electron chi connectivity index (χ0n) is 17.0. The highest BCUT2D eigenvalue weighted by atomic mass is 16.5. The summed E-state index contributed by atoms with van der Waals surface area (Å²) in [6.07, 6.45) is 7.57. The molecule has 29 heavy (non-hydrogen) atoms. The van der Waals surface area contributed by atoms with Crippen LogP contribution in [-0.2, 0) is 4.74 Å². The highest BCUT2D eigenvalue weighted by Gasteiger charge is 3.03. The van der Waals surface area contributed by atoms with Crippen LogP contribution in [0.1, 0.15) is 32.1 Å². The molecule has 2 spiro atoms. The largest absolute Gasteiger partial charge is 0.493 e. The molecule has 0 amide bonds. The molecular weight excluding hydrogens is 356 g/mol. The fourth-order valence-corrected chi connectivity index (χ4v) is 14.2. The number of para-hydroxylation sites is 1. The second-order valence-corrected chi connectivity index (χ2v) is 12.6. The van der Waals surface area contributed by atoms with E-state index in [9.17, 15) is 0 Å². The van der Waals surface area contributed by atoms with Crippen molar-refractivity contribution in [3.63, 3.8) is 0 Å². The van der Waals surface area contributed by atoms with Crippen molar-refractivity contribution < 1.29 is 9.47 Å². The van der Waals surface area contributed by atoms with Crippen molar-refractivity contribution in [3.05, 3.63) is 30.3 Å². The molecule has 1 saturated heterocycles. The maximum atomic E-state index is 7.07. The fourth-order valence-electron chi connectivity index (χ4n) is 14.2. The number of fused-ring (bicyclic) bond motifs is 10. The van der Waals surface area contributed by atoms with E-state index < -0.39 is 0 Å². The average Bonchev–Trinajstić information content (AvgIpc) is 3.48. The van der Waals surface area contributed by atoms with Crippen molar-refractivity contribution in [1.82, 2.24) is 0 Å². The minimum Gasteiger partial charge on any atom is -0.493 e. The quantitative estimate of drug-likeness (QED) is 0.753. The molecule has 7 aliphatic carbocycles. The zero-order chi connectivity index (χ0) is 18.3. The monoisotopic (exact) mass is 386 g/mol. The Hall–Kier alpha value is -1.02. The summed E-state index contributed by atoms with van der Waals surface area (Å²) in [7, 11) is 0. The van der Waals surface area contributed by atoms with Gasteiger partial charge in [-0.2, -0.15) is 0 Å². The van der Waals surface area contributed by atoms with Crippen LogP contribution < -0.4 is 4.74 Å². The van der Waals surface area contributed by atoms with E-state index in [1.807, 2.05) is 0 Å². The van der Waals surface area contributed by atoms with E-state index in [2.05, 4.69) is 30.3 Å². The minimum atomic E-state index is 0.227. The molecule has 9 rings (SSSR count). The van der Waals surface area contributed by atoms with E-state index in [0.29, 0.717) is 10.8 Å². The van der Waals surface area contributed by atoms with Gasteiger partial charge in [0.2, 0.25) is 0 Å². The van der Waals surface area contributed by atoms with Crippen LogP contribution in [0, 0.1) is 75.9 Å². The van der Waals surface area contributed by atoms with Crippen molar-refractivity contribution in [3.8, 4) is 5.75 Å². The molecule has 0 unspecified atom stereocenters. The number of ether oxygens (including phenoxy) is 2. The maximum absolute atomic E-state index is 7.07. The Balaban J connectivity index is 1.24. The van der Waals surface area contributed by atoms with Crippen molar-refractivity contribution in [2.75, 3.05) is 13.2 Å². The molecule has 1 aromatic rings. The number of hydrogen-bond acceptors (Lipinski definition) is 2. The number of benzene rings is 1. The molecule has 1 aliphatic heterocycles. The van der Waals surface area contributed by atoms with Crippen LogP contribution in [0.4, 0.5) is 0 Å². The lowest BCUT2D eigenvalue weighted by atomic mass is 9.40. The third-order valence-electron chi connectivity index (χ3n) is 13.3. The van der Waals surface area contributed by atoms with Crippen molar-refractivity contribution in [2.24, 2.45) is 75.9 Å². The number of rotatable bonds is 3. The van der Waals surface area contributed by atoms with Gasteiger partial charge in [-0.05, 0) is 103 Å². The minimum absolute atomic E-state index is 0.227. The second kappa shape index (κ2) is 4.06. The van der Waals surface area contributed by atoms with E-state index in [1.54, 1.807) is 6.42 Å². The third kappa shape index (κ3) is 1.04. The highest BCUT2D eigenvalue weighted by molar-refractivity contribution is 5.50. The lowest BCUT2D eigenvalue weighted by Gasteiger charge is -2.73. The van der Waals surface area contributed by atoms with Gasteiger partial charge in [0.25, 0.3) is 0 Å². The molecule has 8 fully saturated rings. The molecule has 1 heterocycles. The van der Waals surface area contributed by atoms with E-state index in [0.717, 1.165) is 84.1 Å². The lowest BCUT2D eigenvalue weighted by molar-refractivity contribution is -0.393. The first kappa shape index (κ1) is 14.9. The molecule has 2 nitrogen and oxygen atoms in total. The standard InChI is InChI=1S/C27H30O2/c1-2-5-13(6-3-1)28-11-25-21-14-7-4-8-15(14)22-19(21)20-23-16-9-10-17(18(16)24(20)25)27(25)26(22,23)12-29-27/h1-3,5-6,14-24H,4,7-12H2/t14-,15+,16+,17+,18-,19-,20+,21-,22-,23-,24+,25+,26-,27+/m1/s1. The van der Waals surface area contributed by atoms with Gasteiger partial charge in [0, 0.05) is 10.8 Å². The van der Waals surface area contributed by atoms with E-state index >= 15 is 0 Å². The van der Waals surface area contributed by atoms with Gasteiger partial charge < -0.3 is 9.47 Å². The normalized spacial score (nSPS) is 69.3. The fraction of sp³-hybridized carbons (Fsp3) is 0.778. The van der Waals surface area contributed by atoms with Gasteiger partial charge in [0.15, 0.2) is 0 Å². The first-order valence-corrected chi connectivity index (χ1v) is 12.7.